The van der Waals surface area contributed by atoms with E-state index >= 15 is 0 Å². The Morgan fingerprint density at radius 3 is 1.38 bits per heavy atom. The van der Waals surface area contributed by atoms with Crippen LogP contribution in [0.15, 0.2) is 97.3 Å². The van der Waals surface area contributed by atoms with Gasteiger partial charge in [-0.1, -0.05) is 48.5 Å². The van der Waals surface area contributed by atoms with Crippen LogP contribution in [0.2, 0.25) is 0 Å². The first-order valence-electron chi connectivity index (χ1n) is 11.1. The number of fused-ring (bicyclic) bond motifs is 3. The molecule has 0 amide bonds. The molecule has 0 atom stereocenters. The zero-order valence-corrected chi connectivity index (χ0v) is 18.5. The van der Waals surface area contributed by atoms with Gasteiger partial charge in [0.2, 0.25) is 11.0 Å². The van der Waals surface area contributed by atoms with Gasteiger partial charge < -0.3 is 20.1 Å². The fourth-order valence-corrected chi connectivity index (χ4v) is 4.48. The molecule has 8 heteroatoms. The van der Waals surface area contributed by atoms with Gasteiger partial charge in [-0.15, -0.1) is 0 Å². The summed E-state index contributed by atoms with van der Waals surface area (Å²) in [7, 11) is -2.98. The summed E-state index contributed by atoms with van der Waals surface area (Å²) in [4.78, 5) is 0. The molecular formula is C26H24B2N2O4+2. The number of hydrogen-bond donors (Lipinski definition) is 4. The van der Waals surface area contributed by atoms with E-state index in [0.717, 1.165) is 32.9 Å². The van der Waals surface area contributed by atoms with E-state index < -0.39 is 14.2 Å². The molecule has 4 N–H and O–H groups in total. The highest BCUT2D eigenvalue weighted by Crippen LogP contribution is 2.21. The minimum Gasteiger partial charge on any atom is -0.423 e. The van der Waals surface area contributed by atoms with Crippen molar-refractivity contribution >= 4 is 47.0 Å². The number of pyridine rings is 2. The lowest BCUT2D eigenvalue weighted by molar-refractivity contribution is -0.664. The molecule has 5 aromatic rings. The maximum absolute atomic E-state index is 9.50. The van der Waals surface area contributed by atoms with E-state index in [-0.39, 0.29) is 0 Å². The molecule has 0 saturated carbocycles. The summed E-state index contributed by atoms with van der Waals surface area (Å²) < 4.78 is 4.31. The molecule has 2 heterocycles. The van der Waals surface area contributed by atoms with Crippen molar-refractivity contribution in [3.8, 4) is 0 Å². The van der Waals surface area contributed by atoms with Crippen LogP contribution in [0, 0.1) is 0 Å². The van der Waals surface area contributed by atoms with Crippen LogP contribution in [-0.2, 0) is 13.1 Å². The first kappa shape index (κ1) is 22.3. The molecule has 166 valence electrons. The largest absolute Gasteiger partial charge is 0.488 e. The molecule has 0 spiro atoms. The van der Waals surface area contributed by atoms with Crippen LogP contribution in [0.4, 0.5) is 0 Å². The molecule has 0 saturated heterocycles. The summed E-state index contributed by atoms with van der Waals surface area (Å²) >= 11 is 0. The summed E-state index contributed by atoms with van der Waals surface area (Å²) in [5.74, 6) is 0. The van der Waals surface area contributed by atoms with Crippen molar-refractivity contribution in [1.82, 2.24) is 0 Å². The van der Waals surface area contributed by atoms with Crippen LogP contribution in [0.1, 0.15) is 11.1 Å². The second kappa shape index (κ2) is 9.37. The Labute approximate surface area is 197 Å². The summed E-state index contributed by atoms with van der Waals surface area (Å²) in [5, 5.41) is 40.2. The van der Waals surface area contributed by atoms with Gasteiger partial charge in [0.15, 0.2) is 25.5 Å². The van der Waals surface area contributed by atoms with Crippen molar-refractivity contribution in [3.63, 3.8) is 0 Å². The van der Waals surface area contributed by atoms with Crippen LogP contribution in [0.5, 0.6) is 0 Å². The van der Waals surface area contributed by atoms with E-state index in [9.17, 15) is 20.1 Å². The standard InChI is InChI=1S/C26H24B2N2O4/c31-27(32)21-7-1-5-19(15-21)17-29-13-3-9-23-24-10-4-14-30(26(24)12-11-25(23)29)18-20-6-2-8-22(16-20)28(33)34/h1-16,31-34H,17-18H2/q+2. The molecule has 0 radical (unpaired) electrons. The van der Waals surface area contributed by atoms with Gasteiger partial charge in [0, 0.05) is 35.4 Å². The zero-order valence-electron chi connectivity index (χ0n) is 18.5. The third-order valence-corrected chi connectivity index (χ3v) is 6.12. The normalized spacial score (nSPS) is 11.2. The van der Waals surface area contributed by atoms with Crippen molar-refractivity contribution in [3.05, 3.63) is 108 Å². The summed E-state index contributed by atoms with van der Waals surface area (Å²) in [5.41, 5.74) is 5.07. The second-order valence-corrected chi connectivity index (χ2v) is 8.44. The van der Waals surface area contributed by atoms with Crippen molar-refractivity contribution < 1.29 is 29.2 Å². The SMILES string of the molecule is OB(O)c1cccc(C[n+]2cccc3c4ccc[n+](Cc5cccc(B(O)O)c5)c4ccc32)c1. The first-order chi connectivity index (χ1) is 16.5. The lowest BCUT2D eigenvalue weighted by atomic mass is 9.79. The van der Waals surface area contributed by atoms with E-state index in [1.807, 2.05) is 60.9 Å². The van der Waals surface area contributed by atoms with Crippen molar-refractivity contribution in [2.75, 3.05) is 0 Å². The number of aromatic nitrogens is 2. The highest BCUT2D eigenvalue weighted by Gasteiger charge is 2.19. The van der Waals surface area contributed by atoms with Crippen molar-refractivity contribution in [2.45, 2.75) is 13.1 Å². The van der Waals surface area contributed by atoms with Crippen molar-refractivity contribution in [1.29, 1.82) is 0 Å². The van der Waals surface area contributed by atoms with E-state index in [4.69, 9.17) is 0 Å². The predicted molar refractivity (Wildman–Crippen MR) is 133 cm³/mol. The first-order valence-corrected chi connectivity index (χ1v) is 11.1. The Balaban J connectivity index is 1.54. The summed E-state index contributed by atoms with van der Waals surface area (Å²) in [6.45, 7) is 1.21. The molecular weight excluding hydrogens is 426 g/mol. The third-order valence-electron chi connectivity index (χ3n) is 6.12. The van der Waals surface area contributed by atoms with Gasteiger partial charge >= 0.3 is 14.2 Å². The van der Waals surface area contributed by atoms with Crippen LogP contribution in [-0.4, -0.2) is 34.3 Å². The fourth-order valence-electron chi connectivity index (χ4n) is 4.48. The molecule has 2 aromatic heterocycles. The summed E-state index contributed by atoms with van der Waals surface area (Å²) in [6.07, 6.45) is 4.05. The molecule has 34 heavy (non-hydrogen) atoms. The van der Waals surface area contributed by atoms with E-state index in [1.54, 1.807) is 12.1 Å². The van der Waals surface area contributed by atoms with Crippen LogP contribution >= 0.6 is 0 Å². The molecule has 0 aliphatic heterocycles. The van der Waals surface area contributed by atoms with Gasteiger partial charge in [0.25, 0.3) is 0 Å². The van der Waals surface area contributed by atoms with Crippen LogP contribution in [0.25, 0.3) is 21.8 Å². The maximum Gasteiger partial charge on any atom is 0.488 e. The molecule has 0 aliphatic carbocycles. The minimum absolute atomic E-state index is 0.475. The lowest BCUT2D eigenvalue weighted by Gasteiger charge is -2.07. The monoisotopic (exact) mass is 450 g/mol. The Morgan fingerprint density at radius 1 is 0.529 bits per heavy atom. The lowest BCUT2D eigenvalue weighted by Crippen LogP contribution is -2.37. The number of nitrogens with zero attached hydrogens (tertiary/aromatic N) is 2. The second-order valence-electron chi connectivity index (χ2n) is 8.44. The van der Waals surface area contributed by atoms with Gasteiger partial charge in [0.05, 0.1) is 10.8 Å². The third kappa shape index (κ3) is 4.44. The average molecular weight is 450 g/mol. The van der Waals surface area contributed by atoms with Gasteiger partial charge in [-0.25, -0.2) is 0 Å². The van der Waals surface area contributed by atoms with Gasteiger partial charge in [-0.3, -0.25) is 0 Å². The van der Waals surface area contributed by atoms with Crippen molar-refractivity contribution in [2.24, 2.45) is 0 Å². The Kier molecular flexibility index (Phi) is 6.13. The molecule has 0 bridgehead atoms. The topological polar surface area (TPSA) is 88.7 Å². The quantitative estimate of drug-likeness (QED) is 0.167. The van der Waals surface area contributed by atoms with E-state index in [1.165, 1.54) is 0 Å². The Bertz CT molecular complexity index is 1380. The smallest absolute Gasteiger partial charge is 0.423 e. The van der Waals surface area contributed by atoms with Gasteiger partial charge in [-0.2, -0.15) is 9.13 Å². The maximum atomic E-state index is 9.50. The summed E-state index contributed by atoms with van der Waals surface area (Å²) in [6, 6.07) is 27.1. The molecule has 6 nitrogen and oxygen atoms in total. The van der Waals surface area contributed by atoms with Crippen LogP contribution < -0.4 is 20.1 Å². The highest BCUT2D eigenvalue weighted by molar-refractivity contribution is 6.58. The number of rotatable bonds is 6. The zero-order chi connectivity index (χ0) is 23.7. The molecule has 5 rings (SSSR count). The van der Waals surface area contributed by atoms with E-state index in [2.05, 4.69) is 33.4 Å². The number of hydrogen-bond acceptors (Lipinski definition) is 4. The Morgan fingerprint density at radius 2 is 0.971 bits per heavy atom. The highest BCUT2D eigenvalue weighted by atomic mass is 16.4. The molecule has 0 fully saturated rings. The Hall–Kier alpha value is -3.55. The van der Waals surface area contributed by atoms with Gasteiger partial charge in [-0.05, 0) is 23.1 Å². The predicted octanol–water partition coefficient (Wildman–Crippen LogP) is 0.0242. The van der Waals surface area contributed by atoms with Gasteiger partial charge in [0.1, 0.15) is 0 Å². The number of benzene rings is 3. The van der Waals surface area contributed by atoms with E-state index in [0.29, 0.717) is 24.0 Å². The minimum atomic E-state index is -1.49. The molecule has 0 unspecified atom stereocenters. The molecule has 0 aliphatic rings. The molecule has 3 aromatic carbocycles. The van der Waals surface area contributed by atoms with Crippen LogP contribution in [0.3, 0.4) is 0 Å². The average Bonchev–Trinajstić information content (AvgIpc) is 2.84. The fraction of sp³-hybridized carbons (Fsp3) is 0.0769.